The summed E-state index contributed by atoms with van der Waals surface area (Å²) in [5.41, 5.74) is 2.28. The Morgan fingerprint density at radius 2 is 1.70 bits per heavy atom. The average Bonchev–Trinajstić information content (AvgIpc) is 2.76. The second-order valence-electron chi connectivity index (χ2n) is 6.83. The highest BCUT2D eigenvalue weighted by Gasteiger charge is 2.36. The average molecular weight is 440 g/mol. The second kappa shape index (κ2) is 7.63. The van der Waals surface area contributed by atoms with Crippen molar-refractivity contribution in [1.29, 1.82) is 0 Å². The van der Waals surface area contributed by atoms with Gasteiger partial charge in [0.1, 0.15) is 10.7 Å². The molecule has 0 aliphatic carbocycles. The molecule has 0 spiro atoms. The number of para-hydroxylation sites is 1. The molecule has 0 bridgehead atoms. The summed E-state index contributed by atoms with van der Waals surface area (Å²) >= 11 is 6.30. The summed E-state index contributed by atoms with van der Waals surface area (Å²) in [5.74, 6) is -0.0105. The fourth-order valence-electron chi connectivity index (χ4n) is 3.27. The quantitative estimate of drug-likeness (QED) is 0.515. The van der Waals surface area contributed by atoms with Gasteiger partial charge < -0.3 is 9.64 Å². The molecule has 3 aromatic rings. The first-order chi connectivity index (χ1) is 14.3. The molecule has 0 saturated carbocycles. The molecule has 0 unspecified atom stereocenters. The Bertz CT molecular complexity index is 1280. The normalized spacial score (nSPS) is 14.6. The Labute approximate surface area is 180 Å². The van der Waals surface area contributed by atoms with Gasteiger partial charge >= 0.3 is 0 Å². The number of rotatable bonds is 4. The van der Waals surface area contributed by atoms with Crippen molar-refractivity contribution in [3.8, 4) is 5.75 Å². The number of carbonyl (C=O) groups is 1. The number of sulfone groups is 1. The van der Waals surface area contributed by atoms with Crippen LogP contribution in [0.15, 0.2) is 82.7 Å². The van der Waals surface area contributed by atoms with Gasteiger partial charge in [0.25, 0.3) is 0 Å². The summed E-state index contributed by atoms with van der Waals surface area (Å²) in [5, 5.41) is 0.551. The molecule has 152 valence electrons. The van der Waals surface area contributed by atoms with Gasteiger partial charge in [-0.05, 0) is 61.0 Å². The molecule has 5 nitrogen and oxygen atoms in total. The predicted molar refractivity (Wildman–Crippen MR) is 117 cm³/mol. The molecule has 0 N–H and O–H groups in total. The van der Waals surface area contributed by atoms with Crippen molar-refractivity contribution in [3.63, 3.8) is 0 Å². The zero-order chi connectivity index (χ0) is 21.5. The summed E-state index contributed by atoms with van der Waals surface area (Å²) in [7, 11) is -2.48. The number of aryl methyl sites for hydroxylation is 1. The third-order valence-electron chi connectivity index (χ3n) is 4.96. The first kappa shape index (κ1) is 20.2. The third-order valence-corrected chi connectivity index (χ3v) is 7.16. The van der Waals surface area contributed by atoms with Crippen LogP contribution in [0.2, 0.25) is 5.02 Å². The Morgan fingerprint density at radius 3 is 2.37 bits per heavy atom. The van der Waals surface area contributed by atoms with Crippen LogP contribution in [0.1, 0.15) is 15.9 Å². The minimum Gasteiger partial charge on any atom is -0.497 e. The Hall–Kier alpha value is -3.09. The SMILES string of the molecule is COc1ccc(C(=O)C2=CN(c3ccc(C)c(Cl)c3)c3ccccc3S2(=O)=O)cc1. The molecule has 0 amide bonds. The third kappa shape index (κ3) is 3.38. The van der Waals surface area contributed by atoms with E-state index in [0.717, 1.165) is 5.56 Å². The van der Waals surface area contributed by atoms with E-state index < -0.39 is 15.6 Å². The summed E-state index contributed by atoms with van der Waals surface area (Å²) in [6, 6.07) is 18.4. The maximum Gasteiger partial charge on any atom is 0.214 e. The first-order valence-corrected chi connectivity index (χ1v) is 11.0. The molecule has 1 aliphatic rings. The van der Waals surface area contributed by atoms with Crippen molar-refractivity contribution >= 4 is 38.6 Å². The van der Waals surface area contributed by atoms with Crippen LogP contribution in [-0.2, 0) is 9.84 Å². The molecule has 1 aliphatic heterocycles. The van der Waals surface area contributed by atoms with Crippen LogP contribution in [-0.4, -0.2) is 21.3 Å². The van der Waals surface area contributed by atoms with Crippen molar-refractivity contribution in [1.82, 2.24) is 0 Å². The maximum absolute atomic E-state index is 13.3. The zero-order valence-corrected chi connectivity index (χ0v) is 17.9. The number of allylic oxidation sites excluding steroid dienone is 1. The number of carbonyl (C=O) groups excluding carboxylic acids is 1. The number of nitrogens with zero attached hydrogens (tertiary/aromatic N) is 1. The summed E-state index contributed by atoms with van der Waals surface area (Å²) in [6.45, 7) is 1.88. The van der Waals surface area contributed by atoms with E-state index in [0.29, 0.717) is 22.1 Å². The van der Waals surface area contributed by atoms with Crippen LogP contribution < -0.4 is 9.64 Å². The molecular weight excluding hydrogens is 422 g/mol. The van der Waals surface area contributed by atoms with Gasteiger partial charge in [-0.3, -0.25) is 4.79 Å². The standard InChI is InChI=1S/C23H18ClNO4S/c1-15-7-10-17(13-19(15)24)25-14-22(23(26)16-8-11-18(29-2)12-9-16)30(27,28)21-6-4-3-5-20(21)25/h3-14H,1-2H3. The highest BCUT2D eigenvalue weighted by atomic mass is 35.5. The van der Waals surface area contributed by atoms with Crippen LogP contribution in [0.25, 0.3) is 0 Å². The Balaban J connectivity index is 1.89. The van der Waals surface area contributed by atoms with Crippen LogP contribution in [0.3, 0.4) is 0 Å². The van der Waals surface area contributed by atoms with Gasteiger partial charge in [-0.2, -0.15) is 0 Å². The Morgan fingerprint density at radius 1 is 1.00 bits per heavy atom. The van der Waals surface area contributed by atoms with E-state index in [-0.39, 0.29) is 15.4 Å². The van der Waals surface area contributed by atoms with Crippen molar-refractivity contribution in [2.24, 2.45) is 0 Å². The molecule has 0 radical (unpaired) electrons. The van der Waals surface area contributed by atoms with E-state index in [1.54, 1.807) is 53.4 Å². The van der Waals surface area contributed by atoms with Crippen LogP contribution in [0.4, 0.5) is 11.4 Å². The lowest BCUT2D eigenvalue weighted by atomic mass is 10.1. The van der Waals surface area contributed by atoms with Gasteiger partial charge in [0.05, 0.1) is 17.7 Å². The van der Waals surface area contributed by atoms with E-state index in [1.165, 1.54) is 19.4 Å². The molecule has 30 heavy (non-hydrogen) atoms. The van der Waals surface area contributed by atoms with Gasteiger partial charge in [-0.1, -0.05) is 29.8 Å². The van der Waals surface area contributed by atoms with E-state index in [4.69, 9.17) is 16.3 Å². The lowest BCUT2D eigenvalue weighted by molar-refractivity contribution is 0.104. The smallest absolute Gasteiger partial charge is 0.214 e. The molecule has 3 aromatic carbocycles. The maximum atomic E-state index is 13.3. The van der Waals surface area contributed by atoms with E-state index >= 15 is 0 Å². The molecule has 0 atom stereocenters. The largest absolute Gasteiger partial charge is 0.497 e. The van der Waals surface area contributed by atoms with Gasteiger partial charge in [0.2, 0.25) is 15.6 Å². The van der Waals surface area contributed by atoms with E-state index in [9.17, 15) is 13.2 Å². The van der Waals surface area contributed by atoms with E-state index in [2.05, 4.69) is 0 Å². The molecular formula is C23H18ClNO4S. The van der Waals surface area contributed by atoms with Crippen molar-refractivity contribution in [3.05, 3.63) is 94.0 Å². The number of hydrogen-bond donors (Lipinski definition) is 0. The van der Waals surface area contributed by atoms with Crippen molar-refractivity contribution in [2.45, 2.75) is 11.8 Å². The molecule has 0 saturated heterocycles. The summed E-state index contributed by atoms with van der Waals surface area (Å²) < 4.78 is 31.7. The topological polar surface area (TPSA) is 63.7 Å². The lowest BCUT2D eigenvalue weighted by Gasteiger charge is -2.29. The highest BCUT2D eigenvalue weighted by molar-refractivity contribution is 7.96. The number of benzene rings is 3. The molecule has 1 heterocycles. The number of methoxy groups -OCH3 is 1. The molecule has 4 rings (SSSR count). The number of ether oxygens (including phenoxy) is 1. The molecule has 0 fully saturated rings. The van der Waals surface area contributed by atoms with Gasteiger partial charge in [0.15, 0.2) is 0 Å². The highest BCUT2D eigenvalue weighted by Crippen LogP contribution is 2.41. The van der Waals surface area contributed by atoms with Crippen LogP contribution in [0.5, 0.6) is 5.75 Å². The number of Topliss-reactive ketones (excluding diaryl/α,β-unsaturated/α-hetero) is 1. The van der Waals surface area contributed by atoms with Gasteiger partial charge in [-0.25, -0.2) is 8.42 Å². The monoisotopic (exact) mass is 439 g/mol. The predicted octanol–water partition coefficient (Wildman–Crippen LogP) is 5.31. The van der Waals surface area contributed by atoms with Crippen molar-refractivity contribution in [2.75, 3.05) is 12.0 Å². The minimum absolute atomic E-state index is 0.0704. The Kier molecular flexibility index (Phi) is 5.13. The van der Waals surface area contributed by atoms with E-state index in [1.807, 2.05) is 19.1 Å². The van der Waals surface area contributed by atoms with Gasteiger partial charge in [0, 0.05) is 22.5 Å². The van der Waals surface area contributed by atoms with Crippen LogP contribution >= 0.6 is 11.6 Å². The number of ketones is 1. The number of anilines is 2. The number of halogens is 1. The number of fused-ring (bicyclic) bond motifs is 1. The zero-order valence-electron chi connectivity index (χ0n) is 16.3. The fourth-order valence-corrected chi connectivity index (χ4v) is 4.99. The molecule has 0 aromatic heterocycles. The number of hydrogen-bond acceptors (Lipinski definition) is 5. The van der Waals surface area contributed by atoms with Gasteiger partial charge in [-0.15, -0.1) is 0 Å². The second-order valence-corrected chi connectivity index (χ2v) is 9.12. The van der Waals surface area contributed by atoms with Crippen molar-refractivity contribution < 1.29 is 17.9 Å². The summed E-state index contributed by atoms with van der Waals surface area (Å²) in [4.78, 5) is 14.6. The molecule has 7 heteroatoms. The first-order valence-electron chi connectivity index (χ1n) is 9.13. The van der Waals surface area contributed by atoms with Crippen LogP contribution in [0, 0.1) is 6.92 Å². The summed E-state index contributed by atoms with van der Waals surface area (Å²) in [6.07, 6.45) is 1.37. The minimum atomic E-state index is -4.00. The fraction of sp³-hybridized carbons (Fsp3) is 0.0870. The lowest BCUT2D eigenvalue weighted by Crippen LogP contribution is -2.25.